The number of halogens is 1. The van der Waals surface area contributed by atoms with Gasteiger partial charge in [-0.2, -0.15) is 0 Å². The summed E-state index contributed by atoms with van der Waals surface area (Å²) >= 11 is 3.38. The number of rotatable bonds is 4. The van der Waals surface area contributed by atoms with Gasteiger partial charge in [0.05, 0.1) is 0 Å². The summed E-state index contributed by atoms with van der Waals surface area (Å²) in [5.74, 6) is 0.548. The Morgan fingerprint density at radius 3 is 3.11 bits per heavy atom. The molecule has 0 bridgehead atoms. The topological polar surface area (TPSA) is 73.1 Å². The molecule has 19 heavy (non-hydrogen) atoms. The molecule has 0 spiro atoms. The first-order chi connectivity index (χ1) is 9.31. The van der Waals surface area contributed by atoms with E-state index in [-0.39, 0.29) is 6.10 Å². The first-order valence-electron chi connectivity index (χ1n) is 6.09. The van der Waals surface area contributed by atoms with E-state index in [9.17, 15) is 0 Å². The summed E-state index contributed by atoms with van der Waals surface area (Å²) in [4.78, 5) is 4.09. The lowest BCUT2D eigenvalue weighted by Crippen LogP contribution is -2.00. The van der Waals surface area contributed by atoms with Crippen molar-refractivity contribution in [3.63, 3.8) is 0 Å². The predicted molar refractivity (Wildman–Crippen MR) is 71.5 cm³/mol. The lowest BCUT2D eigenvalue weighted by Gasteiger charge is -2.03. The minimum Gasteiger partial charge on any atom is -0.405 e. The van der Waals surface area contributed by atoms with Crippen LogP contribution in [-0.2, 0) is 11.3 Å². The third kappa shape index (κ3) is 3.10. The molecular weight excluding hydrogens is 312 g/mol. The quantitative estimate of drug-likeness (QED) is 0.932. The third-order valence-corrected chi connectivity index (χ3v) is 3.28. The SMILES string of the molecule is Brc1cncc(CNc2nnc(C3CCCO3)o2)c1. The number of anilines is 1. The van der Waals surface area contributed by atoms with Crippen molar-refractivity contribution in [2.24, 2.45) is 0 Å². The maximum Gasteiger partial charge on any atom is 0.315 e. The standard InChI is InChI=1S/C12H13BrN4O2/c13-9-4-8(5-14-7-9)6-15-12-17-16-11(19-12)10-2-1-3-18-10/h4-5,7,10H,1-3,6H2,(H,15,17). The number of aromatic nitrogens is 3. The summed E-state index contributed by atoms with van der Waals surface area (Å²) in [6.45, 7) is 1.35. The molecular formula is C12H13BrN4O2. The second kappa shape index (κ2) is 5.66. The van der Waals surface area contributed by atoms with Crippen LogP contribution >= 0.6 is 15.9 Å². The van der Waals surface area contributed by atoms with Crippen LogP contribution in [0.1, 0.15) is 30.4 Å². The molecule has 2 aromatic rings. The molecule has 1 unspecified atom stereocenters. The Hall–Kier alpha value is -1.47. The van der Waals surface area contributed by atoms with Crippen molar-refractivity contribution in [2.45, 2.75) is 25.5 Å². The molecule has 3 rings (SSSR count). The Morgan fingerprint density at radius 2 is 2.32 bits per heavy atom. The predicted octanol–water partition coefficient (Wildman–Crippen LogP) is 2.69. The number of nitrogens with one attached hydrogen (secondary N) is 1. The molecule has 6 nitrogen and oxygen atoms in total. The van der Waals surface area contributed by atoms with Gasteiger partial charge in [0.2, 0.25) is 5.89 Å². The van der Waals surface area contributed by atoms with E-state index in [1.165, 1.54) is 0 Å². The van der Waals surface area contributed by atoms with E-state index in [0.29, 0.717) is 18.5 Å². The zero-order chi connectivity index (χ0) is 13.1. The highest BCUT2D eigenvalue weighted by atomic mass is 79.9. The first-order valence-corrected chi connectivity index (χ1v) is 6.89. The van der Waals surface area contributed by atoms with Gasteiger partial charge in [-0.15, -0.1) is 5.10 Å². The molecule has 7 heteroatoms. The van der Waals surface area contributed by atoms with Crippen LogP contribution in [-0.4, -0.2) is 21.8 Å². The Kier molecular flexibility index (Phi) is 3.74. The van der Waals surface area contributed by atoms with Crippen LogP contribution in [0, 0.1) is 0 Å². The van der Waals surface area contributed by atoms with Gasteiger partial charge in [0.15, 0.2) is 0 Å². The van der Waals surface area contributed by atoms with Crippen molar-refractivity contribution in [3.05, 3.63) is 34.4 Å². The van der Waals surface area contributed by atoms with Crippen LogP contribution in [0.3, 0.4) is 0 Å². The lowest BCUT2D eigenvalue weighted by atomic mass is 10.2. The van der Waals surface area contributed by atoms with Crippen LogP contribution in [0.15, 0.2) is 27.3 Å². The summed E-state index contributed by atoms with van der Waals surface area (Å²) in [5, 5.41) is 11.0. The number of ether oxygens (including phenoxy) is 1. The maximum atomic E-state index is 5.53. The molecule has 1 aliphatic heterocycles. The average molecular weight is 325 g/mol. The summed E-state index contributed by atoms with van der Waals surface area (Å²) in [6, 6.07) is 2.39. The highest BCUT2D eigenvalue weighted by Gasteiger charge is 2.23. The normalized spacial score (nSPS) is 18.7. The molecule has 1 aliphatic rings. The van der Waals surface area contributed by atoms with Crippen molar-refractivity contribution in [3.8, 4) is 0 Å². The molecule has 0 radical (unpaired) electrons. The highest BCUT2D eigenvalue weighted by molar-refractivity contribution is 9.10. The monoisotopic (exact) mass is 324 g/mol. The van der Waals surface area contributed by atoms with Gasteiger partial charge in [0, 0.05) is 30.0 Å². The minimum atomic E-state index is -0.0458. The number of pyridine rings is 1. The zero-order valence-electron chi connectivity index (χ0n) is 10.2. The van der Waals surface area contributed by atoms with Crippen molar-refractivity contribution in [1.29, 1.82) is 0 Å². The average Bonchev–Trinajstić information content (AvgIpc) is 3.07. The van der Waals surface area contributed by atoms with Gasteiger partial charge in [-0.25, -0.2) is 0 Å². The summed E-state index contributed by atoms with van der Waals surface area (Å²) in [5.41, 5.74) is 1.03. The Labute approximate surface area is 118 Å². The lowest BCUT2D eigenvalue weighted by molar-refractivity contribution is 0.0897. The van der Waals surface area contributed by atoms with Gasteiger partial charge in [-0.1, -0.05) is 5.10 Å². The van der Waals surface area contributed by atoms with Crippen LogP contribution in [0.5, 0.6) is 0 Å². The van der Waals surface area contributed by atoms with Gasteiger partial charge in [0.1, 0.15) is 6.10 Å². The van der Waals surface area contributed by atoms with Gasteiger partial charge >= 0.3 is 6.01 Å². The molecule has 1 fully saturated rings. The third-order valence-electron chi connectivity index (χ3n) is 2.85. The number of hydrogen-bond donors (Lipinski definition) is 1. The minimum absolute atomic E-state index is 0.0458. The molecule has 3 heterocycles. The van der Waals surface area contributed by atoms with E-state index in [1.54, 1.807) is 12.4 Å². The molecule has 100 valence electrons. The first kappa shape index (κ1) is 12.6. The highest BCUT2D eigenvalue weighted by Crippen LogP contribution is 2.28. The zero-order valence-corrected chi connectivity index (χ0v) is 11.8. The van der Waals surface area contributed by atoms with E-state index in [2.05, 4.69) is 36.4 Å². The maximum absolute atomic E-state index is 5.53. The smallest absolute Gasteiger partial charge is 0.315 e. The van der Waals surface area contributed by atoms with Crippen molar-refractivity contribution >= 4 is 21.9 Å². The fourth-order valence-electron chi connectivity index (χ4n) is 1.94. The van der Waals surface area contributed by atoms with E-state index in [1.807, 2.05) is 6.07 Å². The van der Waals surface area contributed by atoms with E-state index < -0.39 is 0 Å². The van der Waals surface area contributed by atoms with Gasteiger partial charge in [0.25, 0.3) is 0 Å². The van der Waals surface area contributed by atoms with Crippen molar-refractivity contribution < 1.29 is 9.15 Å². The Balaban J connectivity index is 1.61. The van der Waals surface area contributed by atoms with Crippen LogP contribution in [0.2, 0.25) is 0 Å². The van der Waals surface area contributed by atoms with Gasteiger partial charge < -0.3 is 14.5 Å². The van der Waals surface area contributed by atoms with Crippen LogP contribution in [0.25, 0.3) is 0 Å². The fourth-order valence-corrected chi connectivity index (χ4v) is 2.35. The molecule has 1 atom stereocenters. The molecule has 0 amide bonds. The Bertz CT molecular complexity index is 554. The molecule has 2 aromatic heterocycles. The second-order valence-electron chi connectivity index (χ2n) is 4.31. The van der Waals surface area contributed by atoms with Crippen LogP contribution < -0.4 is 5.32 Å². The summed E-state index contributed by atoms with van der Waals surface area (Å²) in [6.07, 6.45) is 5.47. The van der Waals surface area contributed by atoms with Crippen molar-refractivity contribution in [1.82, 2.24) is 15.2 Å². The fraction of sp³-hybridized carbons (Fsp3) is 0.417. The van der Waals surface area contributed by atoms with E-state index >= 15 is 0 Å². The van der Waals surface area contributed by atoms with Gasteiger partial charge in [-0.3, -0.25) is 4.98 Å². The summed E-state index contributed by atoms with van der Waals surface area (Å²) in [7, 11) is 0. The molecule has 0 aliphatic carbocycles. The number of nitrogens with zero attached hydrogens (tertiary/aromatic N) is 3. The van der Waals surface area contributed by atoms with Gasteiger partial charge in [-0.05, 0) is 40.4 Å². The van der Waals surface area contributed by atoms with E-state index in [4.69, 9.17) is 9.15 Å². The molecule has 1 saturated heterocycles. The van der Waals surface area contributed by atoms with Crippen molar-refractivity contribution in [2.75, 3.05) is 11.9 Å². The van der Waals surface area contributed by atoms with Crippen LogP contribution in [0.4, 0.5) is 6.01 Å². The second-order valence-corrected chi connectivity index (χ2v) is 5.23. The summed E-state index contributed by atoms with van der Waals surface area (Å²) < 4.78 is 12.0. The molecule has 1 N–H and O–H groups in total. The number of hydrogen-bond acceptors (Lipinski definition) is 6. The Morgan fingerprint density at radius 1 is 1.37 bits per heavy atom. The largest absolute Gasteiger partial charge is 0.405 e. The van der Waals surface area contributed by atoms with E-state index in [0.717, 1.165) is 29.5 Å². The molecule has 0 aromatic carbocycles. The molecule has 0 saturated carbocycles.